The lowest BCUT2D eigenvalue weighted by molar-refractivity contribution is -0.142. The molecule has 31 heteroatoms. The molecule has 0 radical (unpaired) electrons. The topological polar surface area (TPSA) is 346 Å². The number of hydrogen-bond acceptors (Lipinski definition) is 23. The van der Waals surface area contributed by atoms with Crippen LogP contribution in [0.4, 0.5) is 11.4 Å². The minimum Gasteiger partial charge on any atom is -0.382 e. The van der Waals surface area contributed by atoms with Crippen molar-refractivity contribution in [3.05, 3.63) is 77.2 Å². The zero-order chi connectivity index (χ0) is 69.2. The van der Waals surface area contributed by atoms with Gasteiger partial charge < -0.3 is 66.6 Å². The van der Waals surface area contributed by atoms with Gasteiger partial charge in [-0.1, -0.05) is 26.8 Å². The number of rotatable bonds is 53. The summed E-state index contributed by atoms with van der Waals surface area (Å²) in [5, 5.41) is 0.836. The maximum atomic E-state index is 12.6. The van der Waals surface area contributed by atoms with Crippen molar-refractivity contribution in [1.29, 1.82) is 0 Å². The smallest absolute Gasteiger partial charge is 0.363 e. The second-order valence-corrected chi connectivity index (χ2v) is 28.0. The number of ether oxygens (including phenoxy) is 12. The Bertz CT molecular complexity index is 3240. The minimum absolute atomic E-state index is 0.00557. The Hall–Kier alpha value is -5.01. The number of carbonyl (C=O) groups is 3. The molecule has 1 fully saturated rings. The number of methoxy groups -OCH3 is 1. The first-order valence-corrected chi connectivity index (χ1v) is 36.5. The number of nitrogens with zero attached hydrogens (tertiary/aromatic N) is 3. The van der Waals surface area contributed by atoms with Crippen LogP contribution in [0.2, 0.25) is 0 Å². The molecule has 5 rings (SSSR count). The zero-order valence-corrected chi connectivity index (χ0v) is 57.9. The summed E-state index contributed by atoms with van der Waals surface area (Å²) in [5.41, 5.74) is 2.48. The van der Waals surface area contributed by atoms with E-state index in [1.54, 1.807) is 25.3 Å². The highest BCUT2D eigenvalue weighted by molar-refractivity contribution is 7.86. The molecule has 3 heterocycles. The summed E-state index contributed by atoms with van der Waals surface area (Å²) in [5.74, 6) is -1.44. The molecule has 2 aliphatic heterocycles. The van der Waals surface area contributed by atoms with E-state index >= 15 is 0 Å². The number of benzene rings is 2. The molecule has 0 bridgehead atoms. The van der Waals surface area contributed by atoms with Crippen LogP contribution < -0.4 is 9.80 Å². The summed E-state index contributed by atoms with van der Waals surface area (Å²) in [7, 11) is -11.7. The number of imide groups is 1. The van der Waals surface area contributed by atoms with E-state index < -0.39 is 47.3 Å². The fraction of sp³-hybridized carbons (Fsp3) is 0.656. The minimum atomic E-state index is -4.67. The van der Waals surface area contributed by atoms with Gasteiger partial charge in [0.05, 0.1) is 186 Å². The summed E-state index contributed by atoms with van der Waals surface area (Å²) in [6.45, 7) is 16.5. The molecule has 1 unspecified atom stereocenters. The van der Waals surface area contributed by atoms with Crippen LogP contribution in [0.3, 0.4) is 0 Å². The van der Waals surface area contributed by atoms with Crippen LogP contribution in [0, 0.1) is 0 Å². The van der Waals surface area contributed by atoms with Crippen LogP contribution in [-0.4, -0.2) is 258 Å². The van der Waals surface area contributed by atoms with Crippen LogP contribution in [0.5, 0.6) is 0 Å². The molecular formula is C64H98N3O25S3+. The number of hydrogen-bond donors (Lipinski definition) is 3. The van der Waals surface area contributed by atoms with E-state index in [-0.39, 0.29) is 126 Å². The Labute approximate surface area is 558 Å². The molecule has 1 aromatic heterocycles. The highest BCUT2D eigenvalue weighted by atomic mass is 32.2. The number of Topliss-reactive ketones (excluding diaryl/α,β-unsaturated/α-hetero) is 1. The van der Waals surface area contributed by atoms with Gasteiger partial charge in [0.25, 0.3) is 30.4 Å². The molecule has 0 aliphatic carbocycles. The van der Waals surface area contributed by atoms with Gasteiger partial charge in [0, 0.05) is 80.6 Å². The molecule has 3 aromatic rings. The SMILES string of the molecule is COCCOCCOCCOCCOCCOCCN(CCCS(=O)(=O)O)c1ccc2c(C(C)(C)C)cc(/C=C/C=C3/N(CCOCCOCCOCCOCCOCCOCCC(=O)CN4C(=O)CCC4=O)c4ccc(S(=O)(=O)O)cc4C3(C)CCCS(=O)(=O)O)[o+]c2c1. The lowest BCUT2D eigenvalue weighted by Crippen LogP contribution is -2.34. The maximum absolute atomic E-state index is 12.6. The monoisotopic (exact) mass is 1400 g/mol. The number of anilines is 2. The van der Waals surface area contributed by atoms with Gasteiger partial charge in [-0.2, -0.15) is 25.3 Å². The van der Waals surface area contributed by atoms with E-state index in [2.05, 4.69) is 20.8 Å². The van der Waals surface area contributed by atoms with Crippen LogP contribution in [0.25, 0.3) is 17.0 Å². The van der Waals surface area contributed by atoms with Crippen molar-refractivity contribution in [1.82, 2.24) is 4.90 Å². The first-order chi connectivity index (χ1) is 45.3. The van der Waals surface area contributed by atoms with E-state index in [0.29, 0.717) is 153 Å². The van der Waals surface area contributed by atoms with Crippen molar-refractivity contribution in [2.45, 2.75) is 81.9 Å². The summed E-state index contributed by atoms with van der Waals surface area (Å²) >= 11 is 0. The van der Waals surface area contributed by atoms with Crippen molar-refractivity contribution >= 4 is 76.4 Å². The number of amides is 2. The summed E-state index contributed by atoms with van der Waals surface area (Å²) in [6, 6.07) is 11.9. The number of allylic oxidation sites excluding steroid dienone is 3. The molecule has 2 aromatic carbocycles. The van der Waals surface area contributed by atoms with Crippen LogP contribution in [-0.2, 0) is 112 Å². The first-order valence-electron chi connectivity index (χ1n) is 31.8. The number of fused-ring (bicyclic) bond motifs is 2. The standard InChI is InChI=1S/C64H97N3O25S3/c1-63(2,3)56-48-53(92-59-47-51(11-13-55(56)59)65(19-8-46-94(74,75)76)20-23-82-28-31-86-36-39-90-42-41-88-34-33-84-26-25-80-5)9-6-10-60-64(4,18-7-45-93(71,72)73)57-49-54(95(77,78)79)12-14-58(57)66(60)21-24-83-29-32-87-37-40-91-44-43-89-38-35-85-30-27-81-22-17-52(68)50-67-61(69)15-16-62(67)70/h6,9-14,47-49H,7-8,15-46,50H2,1-5H3,(H2-,71,72,73,74,75,76,77,78,79)/p+1/b9-6+,60-10+. The maximum Gasteiger partial charge on any atom is 0.363 e. The van der Waals surface area contributed by atoms with Gasteiger partial charge in [-0.3, -0.25) is 32.9 Å². The van der Waals surface area contributed by atoms with Gasteiger partial charge in [0.1, 0.15) is 0 Å². The van der Waals surface area contributed by atoms with E-state index in [0.717, 1.165) is 15.8 Å². The average molecular weight is 1410 g/mol. The van der Waals surface area contributed by atoms with Crippen LogP contribution >= 0.6 is 0 Å². The number of carbonyl (C=O) groups excluding carboxylic acids is 3. The van der Waals surface area contributed by atoms with E-state index in [1.165, 1.54) is 12.1 Å². The lowest BCUT2D eigenvalue weighted by Gasteiger charge is -2.30. The fourth-order valence-corrected chi connectivity index (χ4v) is 11.8. The van der Waals surface area contributed by atoms with E-state index in [1.807, 2.05) is 47.1 Å². The van der Waals surface area contributed by atoms with E-state index in [9.17, 15) is 53.3 Å². The van der Waals surface area contributed by atoms with Crippen molar-refractivity contribution < 1.29 is 115 Å². The third-order valence-corrected chi connectivity index (χ3v) is 17.6. The molecule has 0 saturated carbocycles. The van der Waals surface area contributed by atoms with Crippen LogP contribution in [0.1, 0.15) is 83.1 Å². The molecule has 2 amide bonds. The number of likely N-dealkylation sites (tertiary alicyclic amines) is 1. The third kappa shape index (κ3) is 30.3. The molecule has 28 nitrogen and oxygen atoms in total. The average Bonchev–Trinajstić information content (AvgIpc) is 1.60. The Balaban J connectivity index is 1.17. The molecule has 1 saturated heterocycles. The van der Waals surface area contributed by atoms with Gasteiger partial charge in [-0.25, -0.2) is 4.42 Å². The van der Waals surface area contributed by atoms with Gasteiger partial charge in [0.2, 0.25) is 11.8 Å². The first kappa shape index (κ1) is 80.7. The van der Waals surface area contributed by atoms with Gasteiger partial charge in [-0.15, -0.1) is 0 Å². The molecule has 3 N–H and O–H groups in total. The highest BCUT2D eigenvalue weighted by Gasteiger charge is 2.44. The predicted molar refractivity (Wildman–Crippen MR) is 353 cm³/mol. The second kappa shape index (κ2) is 42.1. The second-order valence-electron chi connectivity index (χ2n) is 23.4. The summed E-state index contributed by atoms with van der Waals surface area (Å²) < 4.78 is 176. The third-order valence-electron chi connectivity index (χ3n) is 15.1. The van der Waals surface area contributed by atoms with Crippen molar-refractivity contribution in [2.24, 2.45) is 0 Å². The lowest BCUT2D eigenvalue weighted by atomic mass is 9.77. The van der Waals surface area contributed by atoms with Gasteiger partial charge >= 0.3 is 11.3 Å². The molecule has 0 spiro atoms. The van der Waals surface area contributed by atoms with Gasteiger partial charge in [0.15, 0.2) is 5.78 Å². The largest absolute Gasteiger partial charge is 0.382 e. The molecule has 2 aliphatic rings. The summed E-state index contributed by atoms with van der Waals surface area (Å²) in [4.78, 5) is 40.0. The normalized spacial score (nSPS) is 16.0. The van der Waals surface area contributed by atoms with Gasteiger partial charge in [-0.05, 0) is 79.1 Å². The quantitative estimate of drug-likeness (QED) is 0.0267. The highest BCUT2D eigenvalue weighted by Crippen LogP contribution is 2.51. The molecule has 536 valence electrons. The Kier molecular flexibility index (Phi) is 35.7. The van der Waals surface area contributed by atoms with Crippen molar-refractivity contribution in [3.8, 4) is 0 Å². The van der Waals surface area contributed by atoms with E-state index in [4.69, 9.17) is 61.3 Å². The zero-order valence-electron chi connectivity index (χ0n) is 55.4. The Morgan fingerprint density at radius 1 is 0.600 bits per heavy atom. The Morgan fingerprint density at radius 2 is 1.08 bits per heavy atom. The summed E-state index contributed by atoms with van der Waals surface area (Å²) in [6.07, 6.45) is 6.01. The Morgan fingerprint density at radius 3 is 1.58 bits per heavy atom. The molecule has 1 atom stereocenters. The number of ketones is 1. The molecule has 95 heavy (non-hydrogen) atoms. The van der Waals surface area contributed by atoms with Crippen molar-refractivity contribution in [3.63, 3.8) is 0 Å². The predicted octanol–water partition coefficient (Wildman–Crippen LogP) is 5.62. The molecular weight excluding hydrogens is 1310 g/mol. The van der Waals surface area contributed by atoms with Crippen molar-refractivity contribution in [2.75, 3.05) is 207 Å². The fourth-order valence-electron chi connectivity index (χ4n) is 10.3. The van der Waals surface area contributed by atoms with Crippen LogP contribution in [0.15, 0.2) is 69.6 Å².